The van der Waals surface area contributed by atoms with E-state index in [4.69, 9.17) is 0 Å². The molecule has 3 aromatic carbocycles. The van der Waals surface area contributed by atoms with Crippen molar-refractivity contribution in [2.75, 3.05) is 0 Å². The standard InChI is InChI=1S/C23H14F3NO2/c24-23(25,26)20-14-16-9-4-5-12-19(16)22(20)21(15-7-2-1-3-8-15)17-10-6-11-18(13-17)27(28)29/h1-14H/b22-21+. The lowest BCUT2D eigenvalue weighted by molar-refractivity contribution is -0.384. The van der Waals surface area contributed by atoms with E-state index in [1.54, 1.807) is 60.7 Å². The number of nitro groups is 1. The average Bonchev–Trinajstić information content (AvgIpc) is 3.09. The van der Waals surface area contributed by atoms with E-state index in [1.807, 2.05) is 0 Å². The first-order valence-electron chi connectivity index (χ1n) is 8.79. The van der Waals surface area contributed by atoms with Crippen molar-refractivity contribution in [3.63, 3.8) is 0 Å². The van der Waals surface area contributed by atoms with Gasteiger partial charge in [0.25, 0.3) is 5.69 Å². The fraction of sp³-hybridized carbons (Fsp3) is 0.0435. The van der Waals surface area contributed by atoms with Gasteiger partial charge in [-0.1, -0.05) is 66.7 Å². The lowest BCUT2D eigenvalue weighted by Gasteiger charge is -2.18. The minimum atomic E-state index is -4.57. The van der Waals surface area contributed by atoms with Crippen LogP contribution in [0.3, 0.4) is 0 Å². The zero-order valence-corrected chi connectivity index (χ0v) is 15.0. The molecule has 4 rings (SSSR count). The summed E-state index contributed by atoms with van der Waals surface area (Å²) >= 11 is 0. The van der Waals surface area contributed by atoms with E-state index in [0.29, 0.717) is 27.8 Å². The second-order valence-electron chi connectivity index (χ2n) is 6.57. The van der Waals surface area contributed by atoms with Gasteiger partial charge in [0.1, 0.15) is 0 Å². The SMILES string of the molecule is O=[N+]([O-])c1cccc(/C(=C2/C(C(F)(F)F)=Cc3ccccc32)c2ccccc2)c1. The molecule has 0 amide bonds. The maximum Gasteiger partial charge on any atom is 0.417 e. The van der Waals surface area contributed by atoms with Crippen LogP contribution in [0.4, 0.5) is 18.9 Å². The highest BCUT2D eigenvalue weighted by molar-refractivity contribution is 6.11. The predicted molar refractivity (Wildman–Crippen MR) is 106 cm³/mol. The van der Waals surface area contributed by atoms with Crippen LogP contribution in [0.2, 0.25) is 0 Å². The van der Waals surface area contributed by atoms with Gasteiger partial charge in [-0.05, 0) is 33.9 Å². The molecule has 0 aromatic heterocycles. The molecule has 0 fully saturated rings. The Kier molecular flexibility index (Phi) is 4.54. The van der Waals surface area contributed by atoms with Crippen molar-refractivity contribution in [2.24, 2.45) is 0 Å². The molecule has 29 heavy (non-hydrogen) atoms. The quantitative estimate of drug-likeness (QED) is 0.376. The van der Waals surface area contributed by atoms with Crippen molar-refractivity contribution < 1.29 is 18.1 Å². The number of halogens is 3. The molecule has 0 unspecified atom stereocenters. The smallest absolute Gasteiger partial charge is 0.258 e. The number of non-ortho nitro benzene ring substituents is 1. The summed E-state index contributed by atoms with van der Waals surface area (Å²) in [5.74, 6) is 0. The van der Waals surface area contributed by atoms with E-state index >= 15 is 0 Å². The third-order valence-corrected chi connectivity index (χ3v) is 4.76. The molecule has 0 bridgehead atoms. The van der Waals surface area contributed by atoms with Crippen LogP contribution in [0.25, 0.3) is 17.2 Å². The minimum absolute atomic E-state index is 0.0276. The van der Waals surface area contributed by atoms with Crippen LogP contribution in [0, 0.1) is 10.1 Å². The van der Waals surface area contributed by atoms with E-state index in [2.05, 4.69) is 0 Å². The van der Waals surface area contributed by atoms with Crippen LogP contribution >= 0.6 is 0 Å². The van der Waals surface area contributed by atoms with Crippen molar-refractivity contribution in [2.45, 2.75) is 6.18 Å². The van der Waals surface area contributed by atoms with Gasteiger partial charge in [0, 0.05) is 17.7 Å². The largest absolute Gasteiger partial charge is 0.417 e. The highest BCUT2D eigenvalue weighted by atomic mass is 19.4. The Bertz CT molecular complexity index is 1160. The average molecular weight is 393 g/mol. The molecular weight excluding hydrogens is 379 g/mol. The lowest BCUT2D eigenvalue weighted by Crippen LogP contribution is -2.12. The van der Waals surface area contributed by atoms with Crippen molar-refractivity contribution in [1.29, 1.82) is 0 Å². The summed E-state index contributed by atoms with van der Waals surface area (Å²) in [5.41, 5.74) is 1.22. The molecule has 0 aliphatic heterocycles. The van der Waals surface area contributed by atoms with Gasteiger partial charge in [0.2, 0.25) is 0 Å². The monoisotopic (exact) mass is 393 g/mol. The molecule has 1 aliphatic carbocycles. The fourth-order valence-electron chi connectivity index (χ4n) is 3.55. The summed E-state index contributed by atoms with van der Waals surface area (Å²) in [4.78, 5) is 10.7. The number of hydrogen-bond acceptors (Lipinski definition) is 2. The van der Waals surface area contributed by atoms with Gasteiger partial charge in [-0.25, -0.2) is 0 Å². The number of nitro benzene ring substituents is 1. The molecule has 0 saturated heterocycles. The fourth-order valence-corrected chi connectivity index (χ4v) is 3.55. The summed E-state index contributed by atoms with van der Waals surface area (Å²) in [6.45, 7) is 0. The Morgan fingerprint density at radius 3 is 2.17 bits per heavy atom. The Morgan fingerprint density at radius 1 is 0.828 bits per heavy atom. The number of rotatable bonds is 3. The first-order valence-corrected chi connectivity index (χ1v) is 8.79. The number of nitrogens with zero attached hydrogens (tertiary/aromatic N) is 1. The number of alkyl halides is 3. The minimum Gasteiger partial charge on any atom is -0.258 e. The van der Waals surface area contributed by atoms with E-state index in [1.165, 1.54) is 18.2 Å². The highest BCUT2D eigenvalue weighted by Crippen LogP contribution is 2.49. The van der Waals surface area contributed by atoms with E-state index in [0.717, 1.165) is 6.08 Å². The summed E-state index contributed by atoms with van der Waals surface area (Å²) in [6.07, 6.45) is -3.44. The molecule has 3 nitrogen and oxygen atoms in total. The molecule has 0 saturated carbocycles. The first-order chi connectivity index (χ1) is 13.9. The Morgan fingerprint density at radius 2 is 1.48 bits per heavy atom. The van der Waals surface area contributed by atoms with Crippen molar-refractivity contribution >= 4 is 22.9 Å². The van der Waals surface area contributed by atoms with Crippen molar-refractivity contribution in [3.8, 4) is 0 Å². The maximum absolute atomic E-state index is 14.0. The molecule has 3 aromatic rings. The van der Waals surface area contributed by atoms with E-state index in [-0.39, 0.29) is 11.3 Å². The van der Waals surface area contributed by atoms with Gasteiger partial charge in [-0.3, -0.25) is 10.1 Å². The van der Waals surface area contributed by atoms with Crippen LogP contribution in [-0.2, 0) is 0 Å². The van der Waals surface area contributed by atoms with E-state index in [9.17, 15) is 23.3 Å². The molecular formula is C23H14F3NO2. The molecule has 6 heteroatoms. The van der Waals surface area contributed by atoms with Crippen LogP contribution in [0.15, 0.2) is 84.4 Å². The van der Waals surface area contributed by atoms with E-state index < -0.39 is 16.7 Å². The number of allylic oxidation sites excluding steroid dienone is 2. The third-order valence-electron chi connectivity index (χ3n) is 4.76. The number of hydrogen-bond donors (Lipinski definition) is 0. The normalized spacial score (nSPS) is 14.9. The Hall–Kier alpha value is -3.67. The highest BCUT2D eigenvalue weighted by Gasteiger charge is 2.41. The van der Waals surface area contributed by atoms with Gasteiger partial charge < -0.3 is 0 Å². The second-order valence-corrected chi connectivity index (χ2v) is 6.57. The second kappa shape index (κ2) is 7.05. The Labute approximate surface area is 164 Å². The summed E-state index contributed by atoms with van der Waals surface area (Å²) in [6, 6.07) is 21.0. The molecule has 0 heterocycles. The molecule has 144 valence electrons. The topological polar surface area (TPSA) is 43.1 Å². The summed E-state index contributed by atoms with van der Waals surface area (Å²) in [5, 5.41) is 11.3. The number of fused-ring (bicyclic) bond motifs is 1. The molecule has 1 aliphatic rings. The molecule has 0 N–H and O–H groups in total. The van der Waals surface area contributed by atoms with Gasteiger partial charge >= 0.3 is 6.18 Å². The van der Waals surface area contributed by atoms with Gasteiger partial charge in [0.15, 0.2) is 0 Å². The van der Waals surface area contributed by atoms with Gasteiger partial charge in [0.05, 0.1) is 10.5 Å². The van der Waals surface area contributed by atoms with Crippen molar-refractivity contribution in [1.82, 2.24) is 0 Å². The van der Waals surface area contributed by atoms with Crippen molar-refractivity contribution in [3.05, 3.63) is 117 Å². The summed E-state index contributed by atoms with van der Waals surface area (Å²) < 4.78 is 41.9. The van der Waals surface area contributed by atoms with Crippen LogP contribution in [0.5, 0.6) is 0 Å². The van der Waals surface area contributed by atoms with Crippen LogP contribution in [0.1, 0.15) is 22.3 Å². The van der Waals surface area contributed by atoms with Crippen LogP contribution in [-0.4, -0.2) is 11.1 Å². The maximum atomic E-state index is 14.0. The molecule has 0 spiro atoms. The molecule has 0 atom stereocenters. The van der Waals surface area contributed by atoms with Crippen LogP contribution < -0.4 is 0 Å². The number of benzene rings is 3. The van der Waals surface area contributed by atoms with Gasteiger partial charge in [-0.15, -0.1) is 0 Å². The lowest BCUT2D eigenvalue weighted by atomic mass is 9.87. The zero-order chi connectivity index (χ0) is 20.6. The first kappa shape index (κ1) is 18.7. The summed E-state index contributed by atoms with van der Waals surface area (Å²) in [7, 11) is 0. The molecule has 0 radical (unpaired) electrons. The predicted octanol–water partition coefficient (Wildman–Crippen LogP) is 6.51. The van der Waals surface area contributed by atoms with Gasteiger partial charge in [-0.2, -0.15) is 13.2 Å². The third kappa shape index (κ3) is 3.45. The zero-order valence-electron chi connectivity index (χ0n) is 15.0. The Balaban J connectivity index is 2.10.